The normalized spacial score (nSPS) is 15.7. The average Bonchev–Trinajstić information content (AvgIpc) is 2.18. The van der Waals surface area contributed by atoms with Crippen LogP contribution in [-0.2, 0) is 9.09 Å². The predicted octanol–water partition coefficient (Wildman–Crippen LogP) is 1.73. The molecule has 0 saturated heterocycles. The molecule has 0 aliphatic carbocycles. The van der Waals surface area contributed by atoms with Crippen LogP contribution in [0.15, 0.2) is 30.3 Å². The molecule has 0 heterocycles. The Balaban J connectivity index is 2.92. The molecular formula is C8H10O4P. The van der Waals surface area contributed by atoms with Crippen molar-refractivity contribution in [2.75, 3.05) is 7.11 Å². The first-order valence-corrected chi connectivity index (χ1v) is 5.16. The fourth-order valence-corrected chi connectivity index (χ4v) is 1.49. The Morgan fingerprint density at radius 1 is 1.38 bits per heavy atom. The van der Waals surface area contributed by atoms with Crippen LogP contribution >= 0.6 is 7.60 Å². The van der Waals surface area contributed by atoms with E-state index in [1.54, 1.807) is 18.2 Å². The van der Waals surface area contributed by atoms with Crippen molar-refractivity contribution in [2.45, 2.75) is 0 Å². The Morgan fingerprint density at radius 2 is 1.92 bits per heavy atom. The van der Waals surface area contributed by atoms with E-state index in [1.807, 2.05) is 0 Å². The molecule has 0 aliphatic heterocycles. The minimum Gasteiger partial charge on any atom is -0.370 e. The zero-order valence-electron chi connectivity index (χ0n) is 7.04. The number of hydrogen-bond acceptors (Lipinski definition) is 3. The van der Waals surface area contributed by atoms with Crippen LogP contribution < -0.4 is 0 Å². The molecule has 1 aromatic rings. The summed E-state index contributed by atoms with van der Waals surface area (Å²) < 4.78 is 15.4. The maximum absolute atomic E-state index is 11.1. The molecule has 1 radical (unpaired) electrons. The van der Waals surface area contributed by atoms with Gasteiger partial charge in [0.2, 0.25) is 5.85 Å². The Morgan fingerprint density at radius 3 is 2.38 bits per heavy atom. The summed E-state index contributed by atoms with van der Waals surface area (Å²) in [5.41, 5.74) is 0.287. The summed E-state index contributed by atoms with van der Waals surface area (Å²) in [5.74, 6) is -0.629. The molecule has 1 aromatic carbocycles. The third-order valence-electron chi connectivity index (χ3n) is 1.55. The molecule has 0 amide bonds. The van der Waals surface area contributed by atoms with E-state index in [2.05, 4.69) is 4.52 Å². The van der Waals surface area contributed by atoms with Gasteiger partial charge in [0.05, 0.1) is 0 Å². The van der Waals surface area contributed by atoms with Crippen LogP contribution in [0, 0.1) is 5.85 Å². The highest BCUT2D eigenvalue weighted by molar-refractivity contribution is 7.56. The van der Waals surface area contributed by atoms with Gasteiger partial charge in [0.15, 0.2) is 0 Å². The molecule has 1 rings (SSSR count). The van der Waals surface area contributed by atoms with Crippen molar-refractivity contribution in [3.63, 3.8) is 0 Å². The van der Waals surface area contributed by atoms with Gasteiger partial charge in [0, 0.05) is 7.11 Å². The van der Waals surface area contributed by atoms with Gasteiger partial charge in [-0.15, -0.1) is 0 Å². The lowest BCUT2D eigenvalue weighted by molar-refractivity contribution is 0.270. The molecule has 0 aliphatic rings. The van der Waals surface area contributed by atoms with E-state index in [0.29, 0.717) is 0 Å². The van der Waals surface area contributed by atoms with E-state index in [4.69, 9.17) is 4.89 Å². The molecule has 4 nitrogen and oxygen atoms in total. The lowest BCUT2D eigenvalue weighted by Crippen LogP contribution is -2.00. The third kappa shape index (κ3) is 2.39. The van der Waals surface area contributed by atoms with Crippen molar-refractivity contribution in [1.29, 1.82) is 0 Å². The van der Waals surface area contributed by atoms with E-state index in [-0.39, 0.29) is 5.56 Å². The van der Waals surface area contributed by atoms with Crippen LogP contribution in [0.3, 0.4) is 0 Å². The Labute approximate surface area is 76.3 Å². The SMILES string of the molecule is COP(=O)(O)[C](O)c1ccccc1. The van der Waals surface area contributed by atoms with Gasteiger partial charge in [0.1, 0.15) is 0 Å². The van der Waals surface area contributed by atoms with Crippen molar-refractivity contribution >= 4 is 7.60 Å². The topological polar surface area (TPSA) is 66.8 Å². The van der Waals surface area contributed by atoms with Gasteiger partial charge < -0.3 is 14.5 Å². The van der Waals surface area contributed by atoms with Crippen molar-refractivity contribution in [3.05, 3.63) is 41.7 Å². The molecule has 0 saturated carbocycles. The van der Waals surface area contributed by atoms with Crippen LogP contribution in [0.2, 0.25) is 0 Å². The summed E-state index contributed by atoms with van der Waals surface area (Å²) in [6, 6.07) is 8.10. The largest absolute Gasteiger partial charge is 0.370 e. The molecule has 1 atom stereocenters. The number of benzene rings is 1. The fraction of sp³-hybridized carbons (Fsp3) is 0.125. The standard InChI is InChI=1S/C8H10O4P/c1-12-13(10,11)8(9)7-5-3-2-4-6-7/h2-6,9H,1H3,(H,10,11). The maximum atomic E-state index is 11.1. The highest BCUT2D eigenvalue weighted by atomic mass is 31.2. The lowest BCUT2D eigenvalue weighted by Gasteiger charge is -2.14. The first-order valence-electron chi connectivity index (χ1n) is 3.58. The van der Waals surface area contributed by atoms with Crippen LogP contribution in [0.25, 0.3) is 0 Å². The second kappa shape index (κ2) is 4.03. The van der Waals surface area contributed by atoms with E-state index >= 15 is 0 Å². The van der Waals surface area contributed by atoms with Gasteiger partial charge in [-0.25, -0.2) is 0 Å². The number of aliphatic hydroxyl groups is 1. The smallest absolute Gasteiger partial charge is 0.367 e. The predicted molar refractivity (Wildman–Crippen MR) is 47.6 cm³/mol. The van der Waals surface area contributed by atoms with Gasteiger partial charge in [-0.2, -0.15) is 0 Å². The van der Waals surface area contributed by atoms with E-state index in [9.17, 15) is 9.67 Å². The van der Waals surface area contributed by atoms with Gasteiger partial charge in [-0.3, -0.25) is 4.57 Å². The number of hydrogen-bond donors (Lipinski definition) is 2. The summed E-state index contributed by atoms with van der Waals surface area (Å²) in [4.78, 5) is 9.09. The molecule has 2 N–H and O–H groups in total. The minimum absolute atomic E-state index is 0.287. The van der Waals surface area contributed by atoms with Gasteiger partial charge in [-0.05, 0) is 5.56 Å². The first kappa shape index (κ1) is 10.4. The molecule has 0 bridgehead atoms. The molecule has 0 spiro atoms. The van der Waals surface area contributed by atoms with Crippen LogP contribution in [-0.4, -0.2) is 17.1 Å². The highest BCUT2D eigenvalue weighted by Gasteiger charge is 2.32. The molecule has 1 unspecified atom stereocenters. The third-order valence-corrected chi connectivity index (χ3v) is 2.84. The van der Waals surface area contributed by atoms with Crippen molar-refractivity contribution in [1.82, 2.24) is 0 Å². The quantitative estimate of drug-likeness (QED) is 0.731. The van der Waals surface area contributed by atoms with Crippen LogP contribution in [0.5, 0.6) is 0 Å². The average molecular weight is 201 g/mol. The van der Waals surface area contributed by atoms with Crippen molar-refractivity contribution in [2.24, 2.45) is 0 Å². The zero-order valence-corrected chi connectivity index (χ0v) is 7.94. The van der Waals surface area contributed by atoms with E-state index < -0.39 is 13.4 Å². The van der Waals surface area contributed by atoms with Crippen LogP contribution in [0.4, 0.5) is 0 Å². The number of aliphatic hydroxyl groups excluding tert-OH is 1. The molecule has 13 heavy (non-hydrogen) atoms. The van der Waals surface area contributed by atoms with Gasteiger partial charge in [-0.1, -0.05) is 30.3 Å². The zero-order chi connectivity index (χ0) is 9.90. The number of rotatable bonds is 3. The highest BCUT2D eigenvalue weighted by Crippen LogP contribution is 2.53. The first-order chi connectivity index (χ1) is 6.08. The Bertz CT molecular complexity index is 311. The lowest BCUT2D eigenvalue weighted by atomic mass is 10.2. The summed E-state index contributed by atoms with van der Waals surface area (Å²) in [6.45, 7) is 0. The van der Waals surface area contributed by atoms with Gasteiger partial charge >= 0.3 is 7.60 Å². The summed E-state index contributed by atoms with van der Waals surface area (Å²) in [6.07, 6.45) is 0. The summed E-state index contributed by atoms with van der Waals surface area (Å²) in [5, 5.41) is 9.33. The second-order valence-corrected chi connectivity index (χ2v) is 4.22. The second-order valence-electron chi connectivity index (χ2n) is 2.39. The molecule has 0 fully saturated rings. The molecule has 71 valence electrons. The molecule has 0 aromatic heterocycles. The summed E-state index contributed by atoms with van der Waals surface area (Å²) >= 11 is 0. The summed E-state index contributed by atoms with van der Waals surface area (Å²) in [7, 11) is -2.94. The molecular weight excluding hydrogens is 191 g/mol. The van der Waals surface area contributed by atoms with E-state index in [0.717, 1.165) is 7.11 Å². The van der Waals surface area contributed by atoms with E-state index in [1.165, 1.54) is 12.1 Å². The van der Waals surface area contributed by atoms with Crippen molar-refractivity contribution in [3.8, 4) is 0 Å². The molecule has 5 heteroatoms. The monoisotopic (exact) mass is 201 g/mol. The Hall–Kier alpha value is -0.670. The van der Waals surface area contributed by atoms with Gasteiger partial charge in [0.25, 0.3) is 0 Å². The van der Waals surface area contributed by atoms with Crippen LogP contribution in [0.1, 0.15) is 5.56 Å². The van der Waals surface area contributed by atoms with Crippen molar-refractivity contribution < 1.29 is 19.1 Å². The fourth-order valence-electron chi connectivity index (χ4n) is 0.837. The maximum Gasteiger partial charge on any atom is 0.367 e. The Kier molecular flexibility index (Phi) is 3.22. The minimum atomic E-state index is -4.01.